The van der Waals surface area contributed by atoms with Gasteiger partial charge in [0.15, 0.2) is 0 Å². The first kappa shape index (κ1) is 16.8. The molecule has 0 atom stereocenters. The van der Waals surface area contributed by atoms with Gasteiger partial charge in [0, 0.05) is 20.0 Å². The summed E-state index contributed by atoms with van der Waals surface area (Å²) in [5.74, 6) is 0.0480. The second-order valence-electron chi connectivity index (χ2n) is 5.82. The standard InChI is InChI=1S/C19H18FN3O2/c1-23-17(22-16-8-3-2-7-15(16)19(23)25)9-10-21-18(24)12-13-5-4-6-14(20)11-13/h2-8,11H,9-10,12H2,1H3,(H,21,24). The molecule has 0 aliphatic rings. The minimum absolute atomic E-state index is 0.105. The van der Waals surface area contributed by atoms with Gasteiger partial charge < -0.3 is 5.32 Å². The van der Waals surface area contributed by atoms with Gasteiger partial charge in [0.25, 0.3) is 5.56 Å². The summed E-state index contributed by atoms with van der Waals surface area (Å²) >= 11 is 0. The van der Waals surface area contributed by atoms with Crippen LogP contribution in [0.3, 0.4) is 0 Å². The van der Waals surface area contributed by atoms with E-state index in [1.165, 1.54) is 16.7 Å². The molecule has 0 unspecified atom stereocenters. The lowest BCUT2D eigenvalue weighted by molar-refractivity contribution is -0.120. The van der Waals surface area contributed by atoms with Gasteiger partial charge in [-0.25, -0.2) is 9.37 Å². The zero-order valence-electron chi connectivity index (χ0n) is 13.8. The van der Waals surface area contributed by atoms with Crippen molar-refractivity contribution in [2.45, 2.75) is 12.8 Å². The molecule has 0 aliphatic heterocycles. The molecular formula is C19H18FN3O2. The van der Waals surface area contributed by atoms with Crippen LogP contribution in [0.25, 0.3) is 10.9 Å². The van der Waals surface area contributed by atoms with Gasteiger partial charge in [-0.15, -0.1) is 0 Å². The number of benzene rings is 2. The van der Waals surface area contributed by atoms with Gasteiger partial charge in [-0.1, -0.05) is 24.3 Å². The van der Waals surface area contributed by atoms with Gasteiger partial charge in [0.2, 0.25) is 5.91 Å². The molecule has 0 saturated carbocycles. The number of para-hydroxylation sites is 1. The molecule has 0 bridgehead atoms. The summed E-state index contributed by atoms with van der Waals surface area (Å²) < 4.78 is 14.6. The first-order valence-corrected chi connectivity index (χ1v) is 8.00. The maximum Gasteiger partial charge on any atom is 0.261 e. The van der Waals surface area contributed by atoms with E-state index in [0.29, 0.717) is 35.3 Å². The summed E-state index contributed by atoms with van der Waals surface area (Å²) in [6, 6.07) is 13.1. The Hall–Kier alpha value is -3.02. The number of carbonyl (C=O) groups is 1. The molecule has 0 aliphatic carbocycles. The topological polar surface area (TPSA) is 64.0 Å². The quantitative estimate of drug-likeness (QED) is 0.773. The van der Waals surface area contributed by atoms with Crippen LogP contribution in [0.2, 0.25) is 0 Å². The lowest BCUT2D eigenvalue weighted by Gasteiger charge is -2.10. The van der Waals surface area contributed by atoms with Crippen LogP contribution in [0.4, 0.5) is 4.39 Å². The van der Waals surface area contributed by atoms with E-state index >= 15 is 0 Å². The van der Waals surface area contributed by atoms with Crippen LogP contribution in [-0.4, -0.2) is 22.0 Å². The van der Waals surface area contributed by atoms with Gasteiger partial charge in [-0.3, -0.25) is 14.2 Å². The summed E-state index contributed by atoms with van der Waals surface area (Å²) in [5.41, 5.74) is 1.16. The minimum Gasteiger partial charge on any atom is -0.355 e. The second kappa shape index (κ2) is 7.25. The molecule has 1 aromatic heterocycles. The summed E-state index contributed by atoms with van der Waals surface area (Å²) in [6.45, 7) is 0.354. The molecule has 0 saturated heterocycles. The van der Waals surface area contributed by atoms with E-state index in [4.69, 9.17) is 0 Å². The van der Waals surface area contributed by atoms with Gasteiger partial charge in [0.05, 0.1) is 17.3 Å². The Morgan fingerprint density at radius 1 is 1.20 bits per heavy atom. The highest BCUT2D eigenvalue weighted by Crippen LogP contribution is 2.07. The first-order chi connectivity index (χ1) is 12.0. The van der Waals surface area contributed by atoms with Gasteiger partial charge in [0.1, 0.15) is 11.6 Å². The summed E-state index contributed by atoms with van der Waals surface area (Å²) in [7, 11) is 1.67. The van der Waals surface area contributed by atoms with Gasteiger partial charge >= 0.3 is 0 Å². The van der Waals surface area contributed by atoms with Crippen molar-refractivity contribution in [3.63, 3.8) is 0 Å². The molecule has 25 heavy (non-hydrogen) atoms. The molecule has 1 amide bonds. The van der Waals surface area contributed by atoms with Crippen LogP contribution in [0, 0.1) is 5.82 Å². The largest absolute Gasteiger partial charge is 0.355 e. The lowest BCUT2D eigenvalue weighted by atomic mass is 10.1. The summed E-state index contributed by atoms with van der Waals surface area (Å²) in [6.07, 6.45) is 0.549. The third-order valence-corrected chi connectivity index (χ3v) is 4.00. The molecule has 128 valence electrons. The SMILES string of the molecule is Cn1c(CCNC(=O)Cc2cccc(F)c2)nc2ccccc2c1=O. The van der Waals surface area contributed by atoms with Crippen molar-refractivity contribution in [2.24, 2.45) is 7.05 Å². The van der Waals surface area contributed by atoms with Crippen LogP contribution in [0.1, 0.15) is 11.4 Å². The molecule has 1 heterocycles. The molecule has 1 N–H and O–H groups in total. The number of hydrogen-bond donors (Lipinski definition) is 1. The van der Waals surface area contributed by atoms with E-state index in [9.17, 15) is 14.0 Å². The average molecular weight is 339 g/mol. The van der Waals surface area contributed by atoms with Crippen molar-refractivity contribution < 1.29 is 9.18 Å². The first-order valence-electron chi connectivity index (χ1n) is 8.00. The van der Waals surface area contributed by atoms with E-state index in [-0.39, 0.29) is 23.7 Å². The van der Waals surface area contributed by atoms with Crippen molar-refractivity contribution >= 4 is 16.8 Å². The van der Waals surface area contributed by atoms with Crippen LogP contribution < -0.4 is 10.9 Å². The molecule has 2 aromatic carbocycles. The number of nitrogens with one attached hydrogen (secondary N) is 1. The summed E-state index contributed by atoms with van der Waals surface area (Å²) in [5, 5.41) is 3.35. The average Bonchev–Trinajstić information content (AvgIpc) is 2.59. The number of rotatable bonds is 5. The molecule has 3 aromatic rings. The fourth-order valence-corrected chi connectivity index (χ4v) is 2.70. The van der Waals surface area contributed by atoms with E-state index in [1.54, 1.807) is 37.4 Å². The van der Waals surface area contributed by atoms with Crippen molar-refractivity contribution in [2.75, 3.05) is 6.54 Å². The maximum atomic E-state index is 13.1. The lowest BCUT2D eigenvalue weighted by Crippen LogP contribution is -2.30. The Bertz CT molecular complexity index is 982. The second-order valence-corrected chi connectivity index (χ2v) is 5.82. The van der Waals surface area contributed by atoms with E-state index in [2.05, 4.69) is 10.3 Å². The van der Waals surface area contributed by atoms with Crippen LogP contribution >= 0.6 is 0 Å². The third-order valence-electron chi connectivity index (χ3n) is 4.00. The highest BCUT2D eigenvalue weighted by Gasteiger charge is 2.09. The number of fused-ring (bicyclic) bond motifs is 1. The molecule has 6 heteroatoms. The van der Waals surface area contributed by atoms with Crippen LogP contribution in [0.5, 0.6) is 0 Å². The fourth-order valence-electron chi connectivity index (χ4n) is 2.70. The Balaban J connectivity index is 1.64. The number of nitrogens with zero attached hydrogens (tertiary/aromatic N) is 2. The number of halogens is 1. The van der Waals surface area contributed by atoms with Crippen molar-refractivity contribution in [1.29, 1.82) is 0 Å². The fraction of sp³-hybridized carbons (Fsp3) is 0.211. The molecule has 5 nitrogen and oxygen atoms in total. The number of amides is 1. The smallest absolute Gasteiger partial charge is 0.261 e. The number of hydrogen-bond acceptors (Lipinski definition) is 3. The predicted molar refractivity (Wildman–Crippen MR) is 93.8 cm³/mol. The van der Waals surface area contributed by atoms with Crippen LogP contribution in [-0.2, 0) is 24.7 Å². The van der Waals surface area contributed by atoms with Crippen molar-refractivity contribution in [1.82, 2.24) is 14.9 Å². The Morgan fingerprint density at radius 3 is 2.80 bits per heavy atom. The highest BCUT2D eigenvalue weighted by atomic mass is 19.1. The highest BCUT2D eigenvalue weighted by molar-refractivity contribution is 5.78. The van der Waals surface area contributed by atoms with Gasteiger partial charge in [-0.05, 0) is 29.8 Å². The zero-order chi connectivity index (χ0) is 17.8. The Morgan fingerprint density at radius 2 is 2.00 bits per heavy atom. The number of aromatic nitrogens is 2. The third kappa shape index (κ3) is 3.91. The van der Waals surface area contributed by atoms with Crippen molar-refractivity contribution in [3.05, 3.63) is 76.1 Å². The number of carbonyl (C=O) groups excluding carboxylic acids is 1. The predicted octanol–water partition coefficient (Wildman–Crippen LogP) is 1.97. The minimum atomic E-state index is -0.360. The molecule has 0 spiro atoms. The Labute approximate surface area is 144 Å². The van der Waals surface area contributed by atoms with Crippen molar-refractivity contribution in [3.8, 4) is 0 Å². The summed E-state index contributed by atoms with van der Waals surface area (Å²) in [4.78, 5) is 28.8. The molecule has 0 radical (unpaired) electrons. The molecule has 3 rings (SSSR count). The van der Waals surface area contributed by atoms with Gasteiger partial charge in [-0.2, -0.15) is 0 Å². The molecule has 0 fully saturated rings. The normalized spacial score (nSPS) is 10.8. The zero-order valence-corrected chi connectivity index (χ0v) is 13.8. The van der Waals surface area contributed by atoms with E-state index in [1.807, 2.05) is 6.07 Å². The Kier molecular flexibility index (Phi) is 4.88. The maximum absolute atomic E-state index is 13.1. The molecular weight excluding hydrogens is 321 g/mol. The van der Waals surface area contributed by atoms with E-state index in [0.717, 1.165) is 0 Å². The monoisotopic (exact) mass is 339 g/mol. The van der Waals surface area contributed by atoms with E-state index < -0.39 is 0 Å². The van der Waals surface area contributed by atoms with Crippen LogP contribution in [0.15, 0.2) is 53.3 Å².